The molecule has 1 aromatic heterocycles. The van der Waals surface area contributed by atoms with E-state index < -0.39 is 5.91 Å². The first-order valence-electron chi connectivity index (χ1n) is 5.16. The number of halogens is 1. The van der Waals surface area contributed by atoms with Crippen LogP contribution in [-0.4, -0.2) is 17.1 Å². The summed E-state index contributed by atoms with van der Waals surface area (Å²) in [5.74, 6) is -0.772. The zero-order valence-electron chi connectivity index (χ0n) is 9.55. The average molecular weight is 263 g/mol. The lowest BCUT2D eigenvalue weighted by Crippen LogP contribution is -2.17. The van der Waals surface area contributed by atoms with Gasteiger partial charge >= 0.3 is 0 Å². The number of rotatable bonds is 3. The highest BCUT2D eigenvalue weighted by molar-refractivity contribution is 7.09. The van der Waals surface area contributed by atoms with Crippen LogP contribution < -0.4 is 5.43 Å². The second kappa shape index (κ2) is 5.50. The lowest BCUT2D eigenvalue weighted by Gasteiger charge is -1.98. The maximum Gasteiger partial charge on any atom is 0.271 e. The first-order valence-corrected chi connectivity index (χ1v) is 6.04. The monoisotopic (exact) mass is 263 g/mol. The minimum atomic E-state index is -0.391. The van der Waals surface area contributed by atoms with Gasteiger partial charge in [0, 0.05) is 10.9 Å². The second-order valence-corrected chi connectivity index (χ2v) is 4.56. The summed E-state index contributed by atoms with van der Waals surface area (Å²) in [6.07, 6.45) is 1.46. The molecule has 1 N–H and O–H groups in total. The van der Waals surface area contributed by atoms with Gasteiger partial charge in [-0.05, 0) is 31.2 Å². The van der Waals surface area contributed by atoms with Crippen LogP contribution in [0.3, 0.4) is 0 Å². The maximum absolute atomic E-state index is 12.7. The van der Waals surface area contributed by atoms with Crippen molar-refractivity contribution >= 4 is 23.5 Å². The average Bonchev–Trinajstić information content (AvgIpc) is 2.76. The van der Waals surface area contributed by atoms with Crippen molar-refractivity contribution < 1.29 is 9.18 Å². The Labute approximate surface area is 107 Å². The van der Waals surface area contributed by atoms with Crippen molar-refractivity contribution in [2.75, 3.05) is 0 Å². The molecule has 1 aromatic carbocycles. The lowest BCUT2D eigenvalue weighted by molar-refractivity contribution is 0.0955. The fourth-order valence-corrected chi connectivity index (χ4v) is 1.83. The molecular weight excluding hydrogens is 253 g/mol. The van der Waals surface area contributed by atoms with E-state index in [1.807, 2.05) is 12.3 Å². The number of benzene rings is 1. The Kier molecular flexibility index (Phi) is 3.78. The van der Waals surface area contributed by atoms with E-state index in [1.54, 1.807) is 0 Å². The lowest BCUT2D eigenvalue weighted by atomic mass is 10.2. The first kappa shape index (κ1) is 12.4. The van der Waals surface area contributed by atoms with Gasteiger partial charge < -0.3 is 0 Å². The summed E-state index contributed by atoms with van der Waals surface area (Å²) in [6.45, 7) is 1.89. The van der Waals surface area contributed by atoms with Gasteiger partial charge in [0.2, 0.25) is 0 Å². The van der Waals surface area contributed by atoms with Gasteiger partial charge in [-0.15, -0.1) is 11.3 Å². The van der Waals surface area contributed by atoms with Crippen molar-refractivity contribution in [3.05, 3.63) is 51.7 Å². The SMILES string of the molecule is Cc1nc(/C=N\NC(=O)c2ccc(F)cc2)cs1. The second-order valence-electron chi connectivity index (χ2n) is 3.50. The number of aryl methyl sites for hydroxylation is 1. The molecule has 1 heterocycles. The van der Waals surface area contributed by atoms with Crippen molar-refractivity contribution in [1.29, 1.82) is 0 Å². The summed E-state index contributed by atoms with van der Waals surface area (Å²) in [5, 5.41) is 6.55. The summed E-state index contributed by atoms with van der Waals surface area (Å²) in [5.41, 5.74) is 3.39. The number of hydrogen-bond acceptors (Lipinski definition) is 4. The Balaban J connectivity index is 1.96. The number of carbonyl (C=O) groups is 1. The minimum Gasteiger partial charge on any atom is -0.267 e. The molecule has 0 spiro atoms. The molecule has 0 aliphatic carbocycles. The number of thiazole rings is 1. The van der Waals surface area contributed by atoms with Crippen molar-refractivity contribution in [2.45, 2.75) is 6.92 Å². The normalized spacial score (nSPS) is 10.8. The Hall–Kier alpha value is -2.08. The van der Waals surface area contributed by atoms with Crippen LogP contribution >= 0.6 is 11.3 Å². The summed E-state index contributed by atoms with van der Waals surface area (Å²) >= 11 is 1.50. The number of aromatic nitrogens is 1. The van der Waals surface area contributed by atoms with Gasteiger partial charge in [0.25, 0.3) is 5.91 Å². The molecule has 4 nitrogen and oxygen atoms in total. The summed E-state index contributed by atoms with van der Waals surface area (Å²) in [6, 6.07) is 5.24. The Morgan fingerprint density at radius 1 is 1.44 bits per heavy atom. The molecule has 92 valence electrons. The molecule has 0 bridgehead atoms. The molecule has 0 aliphatic rings. The van der Waals surface area contributed by atoms with E-state index in [4.69, 9.17) is 0 Å². The first-order chi connectivity index (χ1) is 8.65. The van der Waals surface area contributed by atoms with Crippen LogP contribution in [0.2, 0.25) is 0 Å². The van der Waals surface area contributed by atoms with Crippen LogP contribution in [0.25, 0.3) is 0 Å². The number of nitrogens with one attached hydrogen (secondary N) is 1. The van der Waals surface area contributed by atoms with Gasteiger partial charge in [-0.2, -0.15) is 5.10 Å². The largest absolute Gasteiger partial charge is 0.271 e. The van der Waals surface area contributed by atoms with Gasteiger partial charge in [0.15, 0.2) is 0 Å². The predicted octanol–water partition coefficient (Wildman–Crippen LogP) is 2.35. The Morgan fingerprint density at radius 3 is 2.78 bits per heavy atom. The molecule has 1 amide bonds. The van der Waals surface area contributed by atoms with Gasteiger partial charge in [0.1, 0.15) is 5.82 Å². The van der Waals surface area contributed by atoms with Crippen LogP contribution in [0.15, 0.2) is 34.7 Å². The van der Waals surface area contributed by atoms with Gasteiger partial charge in [-0.3, -0.25) is 4.79 Å². The molecule has 0 aliphatic heterocycles. The smallest absolute Gasteiger partial charge is 0.267 e. The molecule has 0 fully saturated rings. The van der Waals surface area contributed by atoms with Gasteiger partial charge in [0.05, 0.1) is 16.9 Å². The number of hydrazone groups is 1. The molecule has 6 heteroatoms. The van der Waals surface area contributed by atoms with Gasteiger partial charge in [-0.25, -0.2) is 14.8 Å². The molecule has 18 heavy (non-hydrogen) atoms. The van der Waals surface area contributed by atoms with Crippen LogP contribution in [0, 0.1) is 12.7 Å². The highest BCUT2D eigenvalue weighted by atomic mass is 32.1. The highest BCUT2D eigenvalue weighted by Gasteiger charge is 2.03. The molecule has 0 unspecified atom stereocenters. The molecule has 0 saturated heterocycles. The van der Waals surface area contributed by atoms with Crippen LogP contribution in [-0.2, 0) is 0 Å². The summed E-state index contributed by atoms with van der Waals surface area (Å²) in [7, 11) is 0. The van der Waals surface area contributed by atoms with E-state index in [9.17, 15) is 9.18 Å². The fourth-order valence-electron chi connectivity index (χ4n) is 1.26. The van der Waals surface area contributed by atoms with Crippen LogP contribution in [0.1, 0.15) is 21.1 Å². The zero-order valence-corrected chi connectivity index (χ0v) is 10.4. The molecule has 2 rings (SSSR count). The van der Waals surface area contributed by atoms with Crippen LogP contribution in [0.4, 0.5) is 4.39 Å². The molecule has 0 radical (unpaired) electrons. The minimum absolute atomic E-state index is 0.350. The van der Waals surface area contributed by atoms with Crippen molar-refractivity contribution in [3.8, 4) is 0 Å². The molecule has 0 atom stereocenters. The highest BCUT2D eigenvalue weighted by Crippen LogP contribution is 2.05. The predicted molar refractivity (Wildman–Crippen MR) is 68.3 cm³/mol. The van der Waals surface area contributed by atoms with E-state index in [2.05, 4.69) is 15.5 Å². The third-order valence-electron chi connectivity index (χ3n) is 2.11. The third kappa shape index (κ3) is 3.21. The fraction of sp³-hybridized carbons (Fsp3) is 0.0833. The summed E-state index contributed by atoms with van der Waals surface area (Å²) in [4.78, 5) is 15.7. The Morgan fingerprint density at radius 2 is 2.17 bits per heavy atom. The number of carbonyl (C=O) groups excluding carboxylic acids is 1. The zero-order chi connectivity index (χ0) is 13.0. The van der Waals surface area contributed by atoms with Crippen molar-refractivity contribution in [3.63, 3.8) is 0 Å². The van der Waals surface area contributed by atoms with E-state index >= 15 is 0 Å². The molecular formula is C12H10FN3OS. The van der Waals surface area contributed by atoms with E-state index in [0.29, 0.717) is 11.3 Å². The van der Waals surface area contributed by atoms with Crippen molar-refractivity contribution in [1.82, 2.24) is 10.4 Å². The van der Waals surface area contributed by atoms with Crippen molar-refractivity contribution in [2.24, 2.45) is 5.10 Å². The number of nitrogens with zero attached hydrogens (tertiary/aromatic N) is 2. The standard InChI is InChI=1S/C12H10FN3OS/c1-8-15-11(7-18-8)6-14-16-12(17)9-2-4-10(13)5-3-9/h2-7H,1H3,(H,16,17)/b14-6-. The molecule has 0 saturated carbocycles. The summed E-state index contributed by atoms with van der Waals surface area (Å²) < 4.78 is 12.7. The van der Waals surface area contributed by atoms with E-state index in [-0.39, 0.29) is 5.82 Å². The molecule has 2 aromatic rings. The topological polar surface area (TPSA) is 54.4 Å². The van der Waals surface area contributed by atoms with Crippen LogP contribution in [0.5, 0.6) is 0 Å². The van der Waals surface area contributed by atoms with Gasteiger partial charge in [-0.1, -0.05) is 0 Å². The van der Waals surface area contributed by atoms with E-state index in [1.165, 1.54) is 41.8 Å². The van der Waals surface area contributed by atoms with E-state index in [0.717, 1.165) is 5.01 Å². The number of amides is 1. The maximum atomic E-state index is 12.7. The third-order valence-corrected chi connectivity index (χ3v) is 2.90. The quantitative estimate of drug-likeness (QED) is 0.682. The number of hydrogen-bond donors (Lipinski definition) is 1. The Bertz CT molecular complexity index is 577.